The molecule has 0 spiro atoms. The summed E-state index contributed by atoms with van der Waals surface area (Å²) in [6.45, 7) is 3.52. The molecule has 1 rings (SSSR count). The second-order valence-electron chi connectivity index (χ2n) is 3.05. The van der Waals surface area contributed by atoms with E-state index >= 15 is 0 Å². The fourth-order valence-electron chi connectivity index (χ4n) is 1.42. The highest BCUT2D eigenvalue weighted by molar-refractivity contribution is 6.14. The molecule has 1 aliphatic carbocycles. The number of rotatable bonds is 1. The van der Waals surface area contributed by atoms with Crippen molar-refractivity contribution < 1.29 is 9.59 Å². The number of carbonyl (C=O) groups excluding carboxylic acids is 2. The Labute approximate surface area is 66.3 Å². The maximum atomic E-state index is 11.2. The van der Waals surface area contributed by atoms with Gasteiger partial charge in [0, 0.05) is 12.8 Å². The molecule has 0 heterocycles. The van der Waals surface area contributed by atoms with Gasteiger partial charge in [-0.25, -0.2) is 0 Å². The molecule has 0 radical (unpaired) electrons. The Morgan fingerprint density at radius 3 is 2.09 bits per heavy atom. The van der Waals surface area contributed by atoms with Gasteiger partial charge < -0.3 is 0 Å². The monoisotopic (exact) mass is 152 g/mol. The van der Waals surface area contributed by atoms with Gasteiger partial charge in [-0.2, -0.15) is 0 Å². The zero-order chi connectivity index (χ0) is 8.48. The molecule has 0 saturated heterocycles. The molecule has 0 unspecified atom stereocenters. The van der Waals surface area contributed by atoms with Crippen molar-refractivity contribution in [2.45, 2.75) is 26.7 Å². The van der Waals surface area contributed by atoms with Crippen LogP contribution in [0.3, 0.4) is 0 Å². The zero-order valence-corrected chi connectivity index (χ0v) is 6.89. The van der Waals surface area contributed by atoms with Gasteiger partial charge in [0.1, 0.15) is 17.0 Å². The smallest absolute Gasteiger partial charge is 0.150 e. The quantitative estimate of drug-likeness (QED) is 0.421. The van der Waals surface area contributed by atoms with Crippen molar-refractivity contribution in [1.29, 1.82) is 0 Å². The van der Waals surface area contributed by atoms with E-state index in [0.717, 1.165) is 0 Å². The second kappa shape index (κ2) is 2.61. The highest BCUT2D eigenvalue weighted by Gasteiger charge is 2.42. The predicted molar refractivity (Wildman–Crippen MR) is 42.2 cm³/mol. The lowest BCUT2D eigenvalue weighted by molar-refractivity contribution is -0.130. The number of hydrogen-bond acceptors (Lipinski definition) is 2. The van der Waals surface area contributed by atoms with Crippen molar-refractivity contribution in [2.75, 3.05) is 0 Å². The maximum absolute atomic E-state index is 11.2. The lowest BCUT2D eigenvalue weighted by Crippen LogP contribution is -2.26. The first-order chi connectivity index (χ1) is 5.11. The third-order valence-corrected chi connectivity index (χ3v) is 2.24. The van der Waals surface area contributed by atoms with Gasteiger partial charge in [-0.05, 0) is 13.8 Å². The number of allylic oxidation sites excluding steroid dienone is 2. The van der Waals surface area contributed by atoms with Crippen LogP contribution in [0.1, 0.15) is 26.7 Å². The second-order valence-corrected chi connectivity index (χ2v) is 3.05. The van der Waals surface area contributed by atoms with Crippen LogP contribution in [0.5, 0.6) is 0 Å². The van der Waals surface area contributed by atoms with E-state index in [4.69, 9.17) is 0 Å². The van der Waals surface area contributed by atoms with Crippen molar-refractivity contribution in [3.8, 4) is 0 Å². The summed E-state index contributed by atoms with van der Waals surface area (Å²) in [5.41, 5.74) is -0.797. The van der Waals surface area contributed by atoms with Crippen LogP contribution in [0, 0.1) is 5.41 Å². The topological polar surface area (TPSA) is 34.1 Å². The third kappa shape index (κ3) is 1.13. The molecule has 1 fully saturated rings. The van der Waals surface area contributed by atoms with E-state index in [0.29, 0.717) is 12.8 Å². The van der Waals surface area contributed by atoms with Crippen LogP contribution in [0.4, 0.5) is 0 Å². The van der Waals surface area contributed by atoms with Crippen LogP contribution < -0.4 is 0 Å². The molecule has 0 bridgehead atoms. The Morgan fingerprint density at radius 2 is 1.73 bits per heavy atom. The SMILES string of the molecule is C/C=C/C1(C)C(=O)CCC1=O. The van der Waals surface area contributed by atoms with Gasteiger partial charge in [-0.15, -0.1) is 0 Å². The molecule has 11 heavy (non-hydrogen) atoms. The highest BCUT2D eigenvalue weighted by Crippen LogP contribution is 2.31. The minimum Gasteiger partial charge on any atom is -0.298 e. The van der Waals surface area contributed by atoms with Crippen molar-refractivity contribution in [2.24, 2.45) is 5.41 Å². The molecule has 0 aromatic rings. The normalized spacial score (nSPS) is 23.5. The number of hydrogen-bond donors (Lipinski definition) is 0. The van der Waals surface area contributed by atoms with Crippen molar-refractivity contribution >= 4 is 11.6 Å². The van der Waals surface area contributed by atoms with Crippen LogP contribution in [0.25, 0.3) is 0 Å². The lowest BCUT2D eigenvalue weighted by Gasteiger charge is -2.13. The fraction of sp³-hybridized carbons (Fsp3) is 0.556. The number of carbonyl (C=O) groups is 2. The molecule has 0 atom stereocenters. The Morgan fingerprint density at radius 1 is 1.27 bits per heavy atom. The van der Waals surface area contributed by atoms with Gasteiger partial charge in [-0.1, -0.05) is 12.2 Å². The summed E-state index contributed by atoms with van der Waals surface area (Å²) in [4.78, 5) is 22.4. The van der Waals surface area contributed by atoms with Crippen LogP contribution in [-0.4, -0.2) is 11.6 Å². The van der Waals surface area contributed by atoms with Crippen LogP contribution in [-0.2, 0) is 9.59 Å². The molecule has 0 aliphatic heterocycles. The Balaban J connectivity index is 2.98. The first-order valence-electron chi connectivity index (χ1n) is 3.81. The van der Waals surface area contributed by atoms with Crippen LogP contribution in [0.2, 0.25) is 0 Å². The Hall–Kier alpha value is -0.920. The summed E-state index contributed by atoms with van der Waals surface area (Å²) in [6.07, 6.45) is 4.30. The van der Waals surface area contributed by atoms with Crippen molar-refractivity contribution in [3.05, 3.63) is 12.2 Å². The van der Waals surface area contributed by atoms with Gasteiger partial charge in [-0.3, -0.25) is 9.59 Å². The van der Waals surface area contributed by atoms with Crippen molar-refractivity contribution in [1.82, 2.24) is 0 Å². The van der Waals surface area contributed by atoms with Crippen LogP contribution in [0.15, 0.2) is 12.2 Å². The molecule has 0 aromatic carbocycles. The molecular formula is C9H12O2. The van der Waals surface area contributed by atoms with E-state index < -0.39 is 5.41 Å². The van der Waals surface area contributed by atoms with Gasteiger partial charge in [0.25, 0.3) is 0 Å². The highest BCUT2D eigenvalue weighted by atomic mass is 16.2. The Bertz CT molecular complexity index is 210. The zero-order valence-electron chi connectivity index (χ0n) is 6.89. The predicted octanol–water partition coefficient (Wildman–Crippen LogP) is 1.50. The van der Waals surface area contributed by atoms with E-state index in [1.54, 1.807) is 19.1 Å². The van der Waals surface area contributed by atoms with Crippen LogP contribution >= 0.6 is 0 Å². The van der Waals surface area contributed by atoms with Gasteiger partial charge in [0.05, 0.1) is 0 Å². The van der Waals surface area contributed by atoms with Gasteiger partial charge in [0.15, 0.2) is 0 Å². The summed E-state index contributed by atoms with van der Waals surface area (Å²) in [7, 11) is 0. The standard InChI is InChI=1S/C9H12O2/c1-3-6-9(2)7(10)4-5-8(9)11/h3,6H,4-5H2,1-2H3/b6-3+. The van der Waals surface area contributed by atoms with E-state index in [1.165, 1.54) is 0 Å². The average molecular weight is 152 g/mol. The third-order valence-electron chi connectivity index (χ3n) is 2.24. The molecule has 1 saturated carbocycles. The van der Waals surface area contributed by atoms with Crippen molar-refractivity contribution in [3.63, 3.8) is 0 Å². The largest absolute Gasteiger partial charge is 0.298 e. The molecule has 0 aromatic heterocycles. The summed E-state index contributed by atoms with van der Waals surface area (Å²) < 4.78 is 0. The first kappa shape index (κ1) is 8.18. The summed E-state index contributed by atoms with van der Waals surface area (Å²) in [5.74, 6) is 0.112. The minimum atomic E-state index is -0.797. The maximum Gasteiger partial charge on any atom is 0.150 e. The molecule has 2 nitrogen and oxygen atoms in total. The van der Waals surface area contributed by atoms with E-state index in [1.807, 2.05) is 6.92 Å². The summed E-state index contributed by atoms with van der Waals surface area (Å²) >= 11 is 0. The lowest BCUT2D eigenvalue weighted by atomic mass is 9.86. The average Bonchev–Trinajstić information content (AvgIpc) is 2.19. The fourth-order valence-corrected chi connectivity index (χ4v) is 1.42. The van der Waals surface area contributed by atoms with E-state index in [-0.39, 0.29) is 11.6 Å². The minimum absolute atomic E-state index is 0.0561. The number of Topliss-reactive ketones (excluding diaryl/α,β-unsaturated/α-hetero) is 2. The molecule has 0 N–H and O–H groups in total. The molecule has 1 aliphatic rings. The van der Waals surface area contributed by atoms with Gasteiger partial charge >= 0.3 is 0 Å². The molecule has 0 amide bonds. The van der Waals surface area contributed by atoms with E-state index in [2.05, 4.69) is 0 Å². The summed E-state index contributed by atoms with van der Waals surface area (Å²) in [5, 5.41) is 0. The molecule has 2 heteroatoms. The van der Waals surface area contributed by atoms with E-state index in [9.17, 15) is 9.59 Å². The molecular weight excluding hydrogens is 140 g/mol. The first-order valence-corrected chi connectivity index (χ1v) is 3.81. The number of ketones is 2. The summed E-state index contributed by atoms with van der Waals surface area (Å²) in [6, 6.07) is 0. The Kier molecular flexibility index (Phi) is 1.94. The van der Waals surface area contributed by atoms with Gasteiger partial charge in [0.2, 0.25) is 0 Å². The molecule has 60 valence electrons.